The maximum Gasteiger partial charge on any atom is 0.191 e. The van der Waals surface area contributed by atoms with Crippen molar-refractivity contribution in [3.8, 4) is 11.5 Å². The van der Waals surface area contributed by atoms with Crippen molar-refractivity contribution >= 4 is 5.96 Å². The first kappa shape index (κ1) is 19.4. The molecule has 0 spiro atoms. The van der Waals surface area contributed by atoms with E-state index in [0.29, 0.717) is 19.8 Å². The molecule has 1 aliphatic heterocycles. The zero-order valence-electron chi connectivity index (χ0n) is 15.5. The van der Waals surface area contributed by atoms with Crippen molar-refractivity contribution in [3.05, 3.63) is 23.8 Å². The first-order chi connectivity index (χ1) is 12.3. The van der Waals surface area contributed by atoms with Crippen molar-refractivity contribution < 1.29 is 14.2 Å². The number of rotatable bonds is 9. The minimum Gasteiger partial charge on any atom is -0.490 e. The number of guanidine groups is 1. The van der Waals surface area contributed by atoms with Crippen molar-refractivity contribution in [1.82, 2.24) is 10.6 Å². The van der Waals surface area contributed by atoms with Gasteiger partial charge in [0.15, 0.2) is 17.5 Å². The molecule has 1 aliphatic rings. The van der Waals surface area contributed by atoms with Gasteiger partial charge in [0.1, 0.15) is 0 Å². The van der Waals surface area contributed by atoms with Crippen LogP contribution in [0.25, 0.3) is 0 Å². The molecule has 1 aromatic rings. The summed E-state index contributed by atoms with van der Waals surface area (Å²) >= 11 is 0. The third-order valence-electron chi connectivity index (χ3n) is 3.79. The van der Waals surface area contributed by atoms with Crippen LogP contribution < -0.4 is 20.1 Å². The molecule has 0 aromatic heterocycles. The second-order valence-electron chi connectivity index (χ2n) is 5.86. The van der Waals surface area contributed by atoms with Gasteiger partial charge in [-0.3, -0.25) is 0 Å². The van der Waals surface area contributed by atoms with Crippen molar-refractivity contribution in [1.29, 1.82) is 0 Å². The molecule has 2 N–H and O–H groups in total. The molecule has 0 atom stereocenters. The number of fused-ring (bicyclic) bond motifs is 1. The van der Waals surface area contributed by atoms with E-state index < -0.39 is 0 Å². The number of benzene rings is 1. The molecule has 0 unspecified atom stereocenters. The van der Waals surface area contributed by atoms with Gasteiger partial charge in [-0.05, 0) is 44.4 Å². The number of hydrogen-bond donors (Lipinski definition) is 2. The third kappa shape index (κ3) is 7.22. The Kier molecular flexibility index (Phi) is 8.97. The highest BCUT2D eigenvalue weighted by atomic mass is 16.5. The molecule has 140 valence electrons. The van der Waals surface area contributed by atoms with Crippen molar-refractivity contribution in [2.45, 2.75) is 39.7 Å². The average molecular weight is 349 g/mol. The molecule has 0 saturated carbocycles. The highest BCUT2D eigenvalue weighted by Gasteiger charge is 2.10. The molecule has 0 bridgehead atoms. The molecule has 2 rings (SSSR count). The molecule has 1 aromatic carbocycles. The van der Waals surface area contributed by atoms with E-state index in [1.807, 2.05) is 25.1 Å². The molecule has 0 amide bonds. The van der Waals surface area contributed by atoms with E-state index in [4.69, 9.17) is 14.2 Å². The Morgan fingerprint density at radius 2 is 1.96 bits per heavy atom. The summed E-state index contributed by atoms with van der Waals surface area (Å²) in [7, 11) is 0. The van der Waals surface area contributed by atoms with E-state index in [1.54, 1.807) is 0 Å². The second kappa shape index (κ2) is 11.6. The number of unbranched alkanes of at least 4 members (excludes halogenated alkanes) is 1. The number of ether oxygens (including phenoxy) is 3. The predicted molar refractivity (Wildman–Crippen MR) is 101 cm³/mol. The van der Waals surface area contributed by atoms with Gasteiger partial charge in [0.2, 0.25) is 0 Å². The zero-order chi connectivity index (χ0) is 17.7. The molecule has 1 heterocycles. The summed E-state index contributed by atoms with van der Waals surface area (Å²) in [5, 5.41) is 6.65. The fourth-order valence-corrected chi connectivity index (χ4v) is 2.50. The van der Waals surface area contributed by atoms with Gasteiger partial charge >= 0.3 is 0 Å². The van der Waals surface area contributed by atoms with Gasteiger partial charge in [-0.2, -0.15) is 0 Å². The van der Waals surface area contributed by atoms with Crippen molar-refractivity contribution in [3.63, 3.8) is 0 Å². The number of hydrogen-bond acceptors (Lipinski definition) is 4. The van der Waals surface area contributed by atoms with Crippen LogP contribution >= 0.6 is 0 Å². The first-order valence-electron chi connectivity index (χ1n) is 9.32. The molecular weight excluding hydrogens is 318 g/mol. The summed E-state index contributed by atoms with van der Waals surface area (Å²) in [6, 6.07) is 6.04. The highest BCUT2D eigenvalue weighted by Crippen LogP contribution is 2.30. The summed E-state index contributed by atoms with van der Waals surface area (Å²) in [6.45, 7) is 9.44. The molecule has 25 heavy (non-hydrogen) atoms. The Morgan fingerprint density at radius 3 is 2.76 bits per heavy atom. The monoisotopic (exact) mass is 349 g/mol. The van der Waals surface area contributed by atoms with Crippen LogP contribution in [0.3, 0.4) is 0 Å². The van der Waals surface area contributed by atoms with E-state index in [0.717, 1.165) is 68.6 Å². The van der Waals surface area contributed by atoms with E-state index in [-0.39, 0.29) is 0 Å². The zero-order valence-corrected chi connectivity index (χ0v) is 15.5. The largest absolute Gasteiger partial charge is 0.490 e. The van der Waals surface area contributed by atoms with Crippen LogP contribution in [-0.2, 0) is 11.3 Å². The summed E-state index contributed by atoms with van der Waals surface area (Å²) in [6.07, 6.45) is 3.04. The first-order valence-corrected chi connectivity index (χ1v) is 9.32. The minimum atomic E-state index is 0.602. The molecular formula is C19H31N3O3. The summed E-state index contributed by atoms with van der Waals surface area (Å²) in [5.74, 6) is 2.48. The quantitative estimate of drug-likeness (QED) is 0.408. The van der Waals surface area contributed by atoms with Crippen molar-refractivity contribution in [2.24, 2.45) is 4.99 Å². The number of nitrogens with zero attached hydrogens (tertiary/aromatic N) is 1. The van der Waals surface area contributed by atoms with E-state index in [2.05, 4.69) is 22.5 Å². The molecule has 0 radical (unpaired) electrons. The normalized spacial score (nSPS) is 14.1. The van der Waals surface area contributed by atoms with Crippen LogP contribution in [0.2, 0.25) is 0 Å². The Balaban J connectivity index is 1.84. The molecule has 0 fully saturated rings. The average Bonchev–Trinajstić information content (AvgIpc) is 2.87. The lowest BCUT2D eigenvalue weighted by Crippen LogP contribution is -2.37. The molecule has 6 nitrogen and oxygen atoms in total. The highest BCUT2D eigenvalue weighted by molar-refractivity contribution is 5.79. The second-order valence-corrected chi connectivity index (χ2v) is 5.86. The van der Waals surface area contributed by atoms with Crippen LogP contribution in [0, 0.1) is 0 Å². The summed E-state index contributed by atoms with van der Waals surface area (Å²) in [5.41, 5.74) is 1.11. The molecule has 0 aliphatic carbocycles. The Labute approximate surface area is 151 Å². The van der Waals surface area contributed by atoms with Crippen LogP contribution in [0.1, 0.15) is 38.7 Å². The SMILES string of the molecule is CCNC(=NCc1ccc2c(c1)OCCCO2)NCCCCOCC. The van der Waals surface area contributed by atoms with Crippen molar-refractivity contribution in [2.75, 3.05) is 39.5 Å². The summed E-state index contributed by atoms with van der Waals surface area (Å²) < 4.78 is 16.8. The van der Waals surface area contributed by atoms with Gasteiger partial charge in [0, 0.05) is 32.7 Å². The Hall–Kier alpha value is -1.95. The fraction of sp³-hybridized carbons (Fsp3) is 0.632. The van der Waals surface area contributed by atoms with Gasteiger partial charge in [-0.1, -0.05) is 6.07 Å². The van der Waals surface area contributed by atoms with Crippen LogP contribution in [0.4, 0.5) is 0 Å². The van der Waals surface area contributed by atoms with Crippen LogP contribution in [-0.4, -0.2) is 45.5 Å². The van der Waals surface area contributed by atoms with E-state index in [1.165, 1.54) is 0 Å². The third-order valence-corrected chi connectivity index (χ3v) is 3.79. The Bertz CT molecular complexity index is 535. The topological polar surface area (TPSA) is 64.1 Å². The molecule has 6 heteroatoms. The lowest BCUT2D eigenvalue weighted by Gasteiger charge is -2.12. The van der Waals surface area contributed by atoms with Gasteiger partial charge in [0.25, 0.3) is 0 Å². The van der Waals surface area contributed by atoms with E-state index in [9.17, 15) is 0 Å². The van der Waals surface area contributed by atoms with Gasteiger partial charge < -0.3 is 24.8 Å². The predicted octanol–water partition coefficient (Wildman–Crippen LogP) is 2.72. The number of nitrogens with one attached hydrogen (secondary N) is 2. The lowest BCUT2D eigenvalue weighted by molar-refractivity contribution is 0.143. The van der Waals surface area contributed by atoms with Crippen LogP contribution in [0.5, 0.6) is 11.5 Å². The maximum atomic E-state index is 5.74. The maximum absolute atomic E-state index is 5.74. The Morgan fingerprint density at radius 1 is 1.12 bits per heavy atom. The van der Waals surface area contributed by atoms with E-state index >= 15 is 0 Å². The smallest absolute Gasteiger partial charge is 0.191 e. The molecule has 0 saturated heterocycles. The standard InChI is InChI=1S/C19H31N3O3/c1-3-20-19(21-10-5-6-11-23-4-2)22-15-16-8-9-17-18(14-16)25-13-7-12-24-17/h8-9,14H,3-7,10-13,15H2,1-2H3,(H2,20,21,22). The van der Waals surface area contributed by atoms with Gasteiger partial charge in [-0.25, -0.2) is 4.99 Å². The number of aliphatic imine (C=N–C) groups is 1. The summed E-state index contributed by atoms with van der Waals surface area (Å²) in [4.78, 5) is 4.66. The minimum absolute atomic E-state index is 0.602. The van der Waals surface area contributed by atoms with Gasteiger partial charge in [-0.15, -0.1) is 0 Å². The lowest BCUT2D eigenvalue weighted by atomic mass is 10.2. The van der Waals surface area contributed by atoms with Crippen LogP contribution in [0.15, 0.2) is 23.2 Å². The van der Waals surface area contributed by atoms with Gasteiger partial charge in [0.05, 0.1) is 19.8 Å². The fourth-order valence-electron chi connectivity index (χ4n) is 2.50.